The molecule has 0 aliphatic carbocycles. The molecule has 0 radical (unpaired) electrons. The van der Waals surface area contributed by atoms with Gasteiger partial charge in [0.1, 0.15) is 5.76 Å². The van der Waals surface area contributed by atoms with Crippen molar-refractivity contribution in [1.29, 1.82) is 0 Å². The molecule has 3 rings (SSSR count). The van der Waals surface area contributed by atoms with Gasteiger partial charge in [-0.15, -0.1) is 0 Å². The number of carbonyl (C=O) groups excluding carboxylic acids is 2. The number of amides is 1. The summed E-state index contributed by atoms with van der Waals surface area (Å²) in [7, 11) is 4.53. The van der Waals surface area contributed by atoms with E-state index in [0.29, 0.717) is 27.6 Å². The number of benzene rings is 2. The fourth-order valence-corrected chi connectivity index (χ4v) is 3.25. The molecule has 0 bridgehead atoms. The highest BCUT2D eigenvalue weighted by molar-refractivity contribution is 6.46. The van der Waals surface area contributed by atoms with Gasteiger partial charge in [-0.05, 0) is 42.0 Å². The fourth-order valence-electron chi connectivity index (χ4n) is 3.12. The summed E-state index contributed by atoms with van der Waals surface area (Å²) in [5, 5.41) is 11.3. The van der Waals surface area contributed by atoms with Crippen molar-refractivity contribution in [2.45, 2.75) is 6.04 Å². The second kappa shape index (κ2) is 7.32. The van der Waals surface area contributed by atoms with Gasteiger partial charge in [0, 0.05) is 17.6 Å². The monoisotopic (exact) mass is 387 g/mol. The van der Waals surface area contributed by atoms with Gasteiger partial charge in [-0.3, -0.25) is 9.59 Å². The molecule has 140 valence electrons. The predicted molar refractivity (Wildman–Crippen MR) is 101 cm³/mol. The molecule has 1 fully saturated rings. The molecule has 0 aromatic heterocycles. The van der Waals surface area contributed by atoms with Gasteiger partial charge < -0.3 is 19.5 Å². The average Bonchev–Trinajstić information content (AvgIpc) is 2.91. The third kappa shape index (κ3) is 3.24. The van der Waals surface area contributed by atoms with Crippen LogP contribution in [-0.2, 0) is 9.59 Å². The number of likely N-dealkylation sites (tertiary alicyclic amines) is 1. The normalized spacial score (nSPS) is 18.7. The van der Waals surface area contributed by atoms with Gasteiger partial charge in [0.15, 0.2) is 11.5 Å². The first-order valence-electron chi connectivity index (χ1n) is 8.11. The number of methoxy groups -OCH3 is 2. The number of aliphatic hydroxyl groups excluding tert-OH is 1. The number of nitrogens with zero attached hydrogens (tertiary/aromatic N) is 1. The number of halogens is 1. The first-order valence-corrected chi connectivity index (χ1v) is 8.49. The van der Waals surface area contributed by atoms with E-state index in [4.69, 9.17) is 21.1 Å². The summed E-state index contributed by atoms with van der Waals surface area (Å²) in [6.45, 7) is 0. The van der Waals surface area contributed by atoms with Crippen LogP contribution in [0.15, 0.2) is 48.0 Å². The van der Waals surface area contributed by atoms with E-state index in [0.717, 1.165) is 0 Å². The van der Waals surface area contributed by atoms with Crippen molar-refractivity contribution in [2.24, 2.45) is 0 Å². The van der Waals surface area contributed by atoms with Gasteiger partial charge in [0.05, 0.1) is 25.8 Å². The zero-order chi connectivity index (χ0) is 19.7. The molecular weight excluding hydrogens is 370 g/mol. The van der Waals surface area contributed by atoms with E-state index in [1.807, 2.05) is 0 Å². The van der Waals surface area contributed by atoms with Crippen LogP contribution >= 0.6 is 11.6 Å². The SMILES string of the molecule is COc1ccc([C@@H]2C(=C(O)c3ccc(Cl)cc3)C(=O)C(=O)N2C)cc1OC. The van der Waals surface area contributed by atoms with Crippen LogP contribution in [0.1, 0.15) is 17.2 Å². The third-order valence-electron chi connectivity index (χ3n) is 4.52. The Labute approximate surface area is 161 Å². The van der Waals surface area contributed by atoms with Crippen LogP contribution in [-0.4, -0.2) is 43.0 Å². The summed E-state index contributed by atoms with van der Waals surface area (Å²) in [6.07, 6.45) is 0. The van der Waals surface area contributed by atoms with E-state index >= 15 is 0 Å². The Bertz CT molecular complexity index is 936. The molecule has 7 heteroatoms. The number of likely N-dealkylation sites (N-methyl/N-ethyl adjacent to an activating group) is 1. The number of hydrogen-bond acceptors (Lipinski definition) is 5. The van der Waals surface area contributed by atoms with Crippen molar-refractivity contribution in [2.75, 3.05) is 21.3 Å². The van der Waals surface area contributed by atoms with Crippen molar-refractivity contribution < 1.29 is 24.2 Å². The molecule has 1 saturated heterocycles. The second-order valence-electron chi connectivity index (χ2n) is 6.03. The van der Waals surface area contributed by atoms with Gasteiger partial charge in [-0.25, -0.2) is 0 Å². The lowest BCUT2D eigenvalue weighted by Crippen LogP contribution is -2.24. The summed E-state index contributed by atoms with van der Waals surface area (Å²) in [4.78, 5) is 26.2. The fraction of sp³-hybridized carbons (Fsp3) is 0.200. The summed E-state index contributed by atoms with van der Waals surface area (Å²) >= 11 is 5.88. The predicted octanol–water partition coefficient (Wildman–Crippen LogP) is 3.41. The Kier molecular flexibility index (Phi) is 5.10. The first-order chi connectivity index (χ1) is 12.9. The van der Waals surface area contributed by atoms with Crippen molar-refractivity contribution >= 4 is 29.1 Å². The number of aliphatic hydroxyl groups is 1. The molecular formula is C20H18ClNO5. The minimum atomic E-state index is -0.750. The summed E-state index contributed by atoms with van der Waals surface area (Å²) in [5.74, 6) is -0.711. The molecule has 1 aliphatic rings. The highest BCUT2D eigenvalue weighted by Gasteiger charge is 2.44. The zero-order valence-electron chi connectivity index (χ0n) is 15.0. The standard InChI is InChI=1S/C20H18ClNO5/c1-22-17(12-6-9-14(26-2)15(10-12)27-3)16(19(24)20(22)25)18(23)11-4-7-13(21)8-5-11/h4-10,17,23H,1-3H3/t17-/m1/s1. The molecule has 0 spiro atoms. The Balaban J connectivity index is 2.17. The molecule has 1 atom stereocenters. The number of hydrogen-bond donors (Lipinski definition) is 1. The Morgan fingerprint density at radius 2 is 1.67 bits per heavy atom. The topological polar surface area (TPSA) is 76.1 Å². The molecule has 2 aromatic carbocycles. The Hall–Kier alpha value is -2.99. The lowest BCUT2D eigenvalue weighted by Gasteiger charge is -2.22. The Morgan fingerprint density at radius 3 is 2.26 bits per heavy atom. The average molecular weight is 388 g/mol. The van der Waals surface area contributed by atoms with Crippen molar-refractivity contribution in [3.05, 3.63) is 64.2 Å². The van der Waals surface area contributed by atoms with E-state index in [2.05, 4.69) is 0 Å². The van der Waals surface area contributed by atoms with Gasteiger partial charge in [-0.2, -0.15) is 0 Å². The van der Waals surface area contributed by atoms with E-state index in [1.54, 1.807) is 42.5 Å². The van der Waals surface area contributed by atoms with E-state index in [9.17, 15) is 14.7 Å². The zero-order valence-corrected chi connectivity index (χ0v) is 15.8. The number of Topliss-reactive ketones (excluding diaryl/α,β-unsaturated/α-hetero) is 1. The molecule has 2 aromatic rings. The number of carbonyl (C=O) groups is 2. The lowest BCUT2D eigenvalue weighted by molar-refractivity contribution is -0.139. The minimum absolute atomic E-state index is 0.0112. The van der Waals surface area contributed by atoms with Gasteiger partial charge in [0.2, 0.25) is 0 Å². The molecule has 27 heavy (non-hydrogen) atoms. The summed E-state index contributed by atoms with van der Waals surface area (Å²) < 4.78 is 10.5. The maximum absolute atomic E-state index is 12.6. The maximum Gasteiger partial charge on any atom is 0.295 e. The molecule has 6 nitrogen and oxygen atoms in total. The summed E-state index contributed by atoms with van der Waals surface area (Å²) in [6, 6.07) is 10.7. The third-order valence-corrected chi connectivity index (χ3v) is 4.77. The molecule has 1 N–H and O–H groups in total. The van der Waals surface area contributed by atoms with Crippen LogP contribution in [0.4, 0.5) is 0 Å². The van der Waals surface area contributed by atoms with Gasteiger partial charge in [0.25, 0.3) is 11.7 Å². The number of rotatable bonds is 4. The first kappa shape index (κ1) is 18.8. The molecule has 1 amide bonds. The van der Waals surface area contributed by atoms with Gasteiger partial charge >= 0.3 is 0 Å². The molecule has 0 saturated carbocycles. The summed E-state index contributed by atoms with van der Waals surface area (Å²) in [5.41, 5.74) is 1.03. The van der Waals surface area contributed by atoms with E-state index in [-0.39, 0.29) is 11.3 Å². The van der Waals surface area contributed by atoms with Crippen molar-refractivity contribution in [1.82, 2.24) is 4.90 Å². The van der Waals surface area contributed by atoms with Crippen LogP contribution in [0.25, 0.3) is 5.76 Å². The smallest absolute Gasteiger partial charge is 0.295 e. The van der Waals surface area contributed by atoms with Crippen LogP contribution in [0.3, 0.4) is 0 Å². The van der Waals surface area contributed by atoms with Crippen molar-refractivity contribution in [3.63, 3.8) is 0 Å². The van der Waals surface area contributed by atoms with Gasteiger partial charge in [-0.1, -0.05) is 17.7 Å². The molecule has 0 unspecified atom stereocenters. The number of ketones is 1. The Morgan fingerprint density at radius 1 is 1.04 bits per heavy atom. The van der Waals surface area contributed by atoms with E-state index in [1.165, 1.54) is 26.2 Å². The van der Waals surface area contributed by atoms with E-state index < -0.39 is 17.7 Å². The largest absolute Gasteiger partial charge is 0.507 e. The van der Waals surface area contributed by atoms with Crippen LogP contribution in [0, 0.1) is 0 Å². The van der Waals surface area contributed by atoms with Crippen molar-refractivity contribution in [3.8, 4) is 11.5 Å². The highest BCUT2D eigenvalue weighted by Crippen LogP contribution is 2.41. The van der Waals surface area contributed by atoms with Crippen LogP contribution in [0.5, 0.6) is 11.5 Å². The maximum atomic E-state index is 12.6. The van der Waals surface area contributed by atoms with Crippen LogP contribution < -0.4 is 9.47 Å². The number of ether oxygens (including phenoxy) is 2. The quantitative estimate of drug-likeness (QED) is 0.494. The second-order valence-corrected chi connectivity index (χ2v) is 6.47. The van der Waals surface area contributed by atoms with Crippen LogP contribution in [0.2, 0.25) is 5.02 Å². The molecule has 1 heterocycles. The highest BCUT2D eigenvalue weighted by atomic mass is 35.5. The molecule has 1 aliphatic heterocycles. The lowest BCUT2D eigenvalue weighted by atomic mass is 9.95. The minimum Gasteiger partial charge on any atom is -0.507 e.